The molecule has 1 heterocycles. The van der Waals surface area contributed by atoms with Gasteiger partial charge in [0.05, 0.1) is 11.7 Å². The molecule has 2 rings (SSSR count). The summed E-state index contributed by atoms with van der Waals surface area (Å²) in [5.74, 6) is 5.40. The number of carbonyl (C=O) groups excluding carboxylic acids is 1. The number of benzene rings is 1. The van der Waals surface area contributed by atoms with Crippen LogP contribution in [0.5, 0.6) is 0 Å². The van der Waals surface area contributed by atoms with Crippen LogP contribution < -0.4 is 0 Å². The summed E-state index contributed by atoms with van der Waals surface area (Å²) in [6.07, 6.45) is 2.20. The van der Waals surface area contributed by atoms with Gasteiger partial charge in [0.25, 0.3) is 5.91 Å². The van der Waals surface area contributed by atoms with Crippen LogP contribution in [0, 0.1) is 18.8 Å². The largest absolute Gasteiger partial charge is 0.384 e. The van der Waals surface area contributed by atoms with Crippen molar-refractivity contribution in [1.82, 2.24) is 4.90 Å². The number of likely N-dealkylation sites (N-methyl/N-ethyl adjacent to an activating group) is 1. The lowest BCUT2D eigenvalue weighted by Gasteiger charge is -2.21. The smallest absolute Gasteiger partial charge is 0.254 e. The summed E-state index contributed by atoms with van der Waals surface area (Å²) < 4.78 is 5.57. The van der Waals surface area contributed by atoms with E-state index in [1.807, 2.05) is 19.1 Å². The van der Waals surface area contributed by atoms with Gasteiger partial charge in [-0.2, -0.15) is 0 Å². The molecular weight excluding hydrogens is 266 g/mol. The Kier molecular flexibility index (Phi) is 5.38. The van der Waals surface area contributed by atoms with Crippen molar-refractivity contribution in [3.63, 3.8) is 0 Å². The Morgan fingerprint density at radius 3 is 3.00 bits per heavy atom. The van der Waals surface area contributed by atoms with Crippen molar-refractivity contribution < 1.29 is 14.6 Å². The first-order chi connectivity index (χ1) is 10.1. The quantitative estimate of drug-likeness (QED) is 0.859. The van der Waals surface area contributed by atoms with Crippen LogP contribution in [-0.2, 0) is 4.74 Å². The second-order valence-corrected chi connectivity index (χ2v) is 5.33. The molecular formula is C17H21NO3. The summed E-state index contributed by atoms with van der Waals surface area (Å²) >= 11 is 0. The minimum atomic E-state index is -0.215. The standard InChI is InChI=1S/C17H21NO3/c1-13-7-8-16(14(11-13)5-3-9-19)17(20)18(2)12-15-6-4-10-21-15/h7-8,11,15,19H,4,6,9-10,12H2,1-2H3. The van der Waals surface area contributed by atoms with E-state index >= 15 is 0 Å². The summed E-state index contributed by atoms with van der Waals surface area (Å²) in [6, 6.07) is 5.57. The van der Waals surface area contributed by atoms with E-state index in [4.69, 9.17) is 9.84 Å². The summed E-state index contributed by atoms with van der Waals surface area (Å²) in [4.78, 5) is 14.3. The number of carbonyl (C=O) groups is 1. The molecule has 1 aliphatic rings. The van der Waals surface area contributed by atoms with Gasteiger partial charge in [0.2, 0.25) is 0 Å². The molecule has 4 heteroatoms. The zero-order valence-corrected chi connectivity index (χ0v) is 12.6. The molecule has 1 unspecified atom stereocenters. The van der Waals surface area contributed by atoms with E-state index in [0.717, 1.165) is 25.0 Å². The molecule has 0 bridgehead atoms. The fourth-order valence-electron chi connectivity index (χ4n) is 2.47. The Hall–Kier alpha value is -1.83. The van der Waals surface area contributed by atoms with E-state index in [0.29, 0.717) is 17.7 Å². The van der Waals surface area contributed by atoms with Crippen LogP contribution in [0.3, 0.4) is 0 Å². The lowest BCUT2D eigenvalue weighted by atomic mass is 10.0. The Labute approximate surface area is 125 Å². The van der Waals surface area contributed by atoms with Gasteiger partial charge in [-0.3, -0.25) is 4.79 Å². The molecule has 1 amide bonds. The number of amides is 1. The van der Waals surface area contributed by atoms with E-state index in [1.54, 1.807) is 18.0 Å². The number of ether oxygens (including phenoxy) is 1. The van der Waals surface area contributed by atoms with Crippen LogP contribution in [0.15, 0.2) is 18.2 Å². The fourth-order valence-corrected chi connectivity index (χ4v) is 2.47. The number of hydrogen-bond donors (Lipinski definition) is 1. The fraction of sp³-hybridized carbons (Fsp3) is 0.471. The van der Waals surface area contributed by atoms with Gasteiger partial charge >= 0.3 is 0 Å². The SMILES string of the molecule is Cc1ccc(C(=O)N(C)CC2CCCO2)c(C#CCO)c1. The lowest BCUT2D eigenvalue weighted by Crippen LogP contribution is -2.34. The van der Waals surface area contributed by atoms with Gasteiger partial charge in [0.15, 0.2) is 0 Å². The first-order valence-electron chi connectivity index (χ1n) is 7.19. The van der Waals surface area contributed by atoms with Gasteiger partial charge in [-0.05, 0) is 37.5 Å². The van der Waals surface area contributed by atoms with Crippen LogP contribution in [0.1, 0.15) is 34.3 Å². The van der Waals surface area contributed by atoms with E-state index in [1.165, 1.54) is 0 Å². The highest BCUT2D eigenvalue weighted by Crippen LogP contribution is 2.16. The maximum Gasteiger partial charge on any atom is 0.254 e. The van der Waals surface area contributed by atoms with Crippen molar-refractivity contribution in [3.8, 4) is 11.8 Å². The maximum absolute atomic E-state index is 12.6. The van der Waals surface area contributed by atoms with E-state index in [-0.39, 0.29) is 18.6 Å². The van der Waals surface area contributed by atoms with Gasteiger partial charge in [-0.25, -0.2) is 0 Å². The van der Waals surface area contributed by atoms with E-state index < -0.39 is 0 Å². The molecule has 0 saturated carbocycles. The zero-order valence-electron chi connectivity index (χ0n) is 12.6. The molecule has 21 heavy (non-hydrogen) atoms. The summed E-state index contributed by atoms with van der Waals surface area (Å²) in [7, 11) is 1.78. The summed E-state index contributed by atoms with van der Waals surface area (Å²) in [5.41, 5.74) is 2.27. The number of nitrogens with zero attached hydrogens (tertiary/aromatic N) is 1. The first-order valence-corrected chi connectivity index (χ1v) is 7.19. The topological polar surface area (TPSA) is 49.8 Å². The molecule has 112 valence electrons. The predicted octanol–water partition coefficient (Wildman–Crippen LogP) is 1.59. The van der Waals surface area contributed by atoms with E-state index in [2.05, 4.69) is 11.8 Å². The number of rotatable bonds is 3. The Bertz CT molecular complexity index is 565. The molecule has 1 aliphatic heterocycles. The minimum absolute atomic E-state index is 0.0623. The number of aryl methyl sites for hydroxylation is 1. The molecule has 1 aromatic carbocycles. The Morgan fingerprint density at radius 1 is 1.52 bits per heavy atom. The van der Waals surface area contributed by atoms with Crippen LogP contribution >= 0.6 is 0 Å². The maximum atomic E-state index is 12.6. The summed E-state index contributed by atoms with van der Waals surface area (Å²) in [5, 5.41) is 8.84. The normalized spacial score (nSPS) is 17.2. The van der Waals surface area contributed by atoms with Gasteiger partial charge in [-0.15, -0.1) is 0 Å². The zero-order chi connectivity index (χ0) is 15.2. The van der Waals surface area contributed by atoms with Crippen LogP contribution in [0.4, 0.5) is 0 Å². The van der Waals surface area contributed by atoms with E-state index in [9.17, 15) is 4.79 Å². The molecule has 1 aromatic rings. The lowest BCUT2D eigenvalue weighted by molar-refractivity contribution is 0.0587. The molecule has 0 spiro atoms. The Balaban J connectivity index is 2.17. The van der Waals surface area contributed by atoms with Crippen molar-refractivity contribution in [2.45, 2.75) is 25.9 Å². The number of aliphatic hydroxyl groups excluding tert-OH is 1. The molecule has 4 nitrogen and oxygen atoms in total. The molecule has 0 aliphatic carbocycles. The van der Waals surface area contributed by atoms with Gasteiger partial charge < -0.3 is 14.7 Å². The second-order valence-electron chi connectivity index (χ2n) is 5.33. The van der Waals surface area contributed by atoms with Crippen molar-refractivity contribution >= 4 is 5.91 Å². The molecule has 0 radical (unpaired) electrons. The van der Waals surface area contributed by atoms with Crippen LogP contribution in [0.2, 0.25) is 0 Å². The highest BCUT2D eigenvalue weighted by molar-refractivity contribution is 5.96. The van der Waals surface area contributed by atoms with Gasteiger partial charge in [0, 0.05) is 25.8 Å². The second kappa shape index (κ2) is 7.26. The third-order valence-corrected chi connectivity index (χ3v) is 3.56. The average molecular weight is 287 g/mol. The third-order valence-electron chi connectivity index (χ3n) is 3.56. The highest BCUT2D eigenvalue weighted by atomic mass is 16.5. The molecule has 0 aromatic heterocycles. The Morgan fingerprint density at radius 2 is 2.33 bits per heavy atom. The van der Waals surface area contributed by atoms with Crippen molar-refractivity contribution in [2.24, 2.45) is 0 Å². The van der Waals surface area contributed by atoms with Crippen molar-refractivity contribution in [3.05, 3.63) is 34.9 Å². The molecule has 1 N–H and O–H groups in total. The minimum Gasteiger partial charge on any atom is -0.384 e. The van der Waals surface area contributed by atoms with Gasteiger partial charge in [0.1, 0.15) is 6.61 Å². The molecule has 1 atom stereocenters. The van der Waals surface area contributed by atoms with Crippen molar-refractivity contribution in [2.75, 3.05) is 26.8 Å². The van der Waals surface area contributed by atoms with Crippen LogP contribution in [0.25, 0.3) is 0 Å². The average Bonchev–Trinajstić information content (AvgIpc) is 2.97. The third kappa shape index (κ3) is 4.07. The monoisotopic (exact) mass is 287 g/mol. The summed E-state index contributed by atoms with van der Waals surface area (Å²) in [6.45, 7) is 3.12. The van der Waals surface area contributed by atoms with Crippen LogP contribution in [-0.4, -0.2) is 48.8 Å². The first kappa shape index (κ1) is 15.6. The predicted molar refractivity (Wildman–Crippen MR) is 81.1 cm³/mol. The number of aliphatic hydroxyl groups is 1. The van der Waals surface area contributed by atoms with Crippen molar-refractivity contribution in [1.29, 1.82) is 0 Å². The number of hydrogen-bond acceptors (Lipinski definition) is 3. The van der Waals surface area contributed by atoms with Gasteiger partial charge in [-0.1, -0.05) is 17.9 Å². The molecule has 1 fully saturated rings. The molecule has 1 saturated heterocycles. The highest BCUT2D eigenvalue weighted by Gasteiger charge is 2.22.